The first-order chi connectivity index (χ1) is 12.8. The highest BCUT2D eigenvalue weighted by Crippen LogP contribution is 2.27. The van der Waals surface area contributed by atoms with E-state index < -0.39 is 0 Å². The predicted octanol–water partition coefficient (Wildman–Crippen LogP) is 5.50. The quantitative estimate of drug-likeness (QED) is 0.386. The Morgan fingerprint density at radius 3 is 2.81 bits per heavy atom. The molecule has 1 N–H and O–H groups in total. The van der Waals surface area contributed by atoms with Crippen molar-refractivity contribution in [2.75, 3.05) is 12.5 Å². The number of halogens is 1. The molecule has 0 amide bonds. The molecule has 0 unspecified atom stereocenters. The molecule has 0 aliphatic carbocycles. The molecule has 0 atom stereocenters. The SMILES string of the molecule is COc1ccc2ccccc2c1C=NNc1ccnc2cc(Cl)ccc12. The zero-order chi connectivity index (χ0) is 17.9. The van der Waals surface area contributed by atoms with Gasteiger partial charge in [0.15, 0.2) is 0 Å². The Morgan fingerprint density at radius 1 is 1.04 bits per heavy atom. The largest absolute Gasteiger partial charge is 0.496 e. The number of nitrogens with one attached hydrogen (secondary N) is 1. The van der Waals surface area contributed by atoms with Crippen LogP contribution in [0.2, 0.25) is 5.02 Å². The number of hydrogen-bond donors (Lipinski definition) is 1. The molecule has 0 aliphatic heterocycles. The molecule has 5 heteroatoms. The zero-order valence-corrected chi connectivity index (χ0v) is 14.9. The molecular weight excluding hydrogens is 346 g/mol. The number of nitrogens with zero attached hydrogens (tertiary/aromatic N) is 2. The van der Waals surface area contributed by atoms with Crippen LogP contribution in [0, 0.1) is 0 Å². The topological polar surface area (TPSA) is 46.5 Å². The molecule has 3 aromatic carbocycles. The average molecular weight is 362 g/mol. The van der Waals surface area contributed by atoms with Crippen molar-refractivity contribution in [1.82, 2.24) is 4.98 Å². The van der Waals surface area contributed by atoms with Crippen LogP contribution in [0.25, 0.3) is 21.7 Å². The standard InChI is InChI=1S/C21H16ClN3O/c1-26-21-9-6-14-4-2-3-5-16(14)18(21)13-24-25-19-10-11-23-20-12-15(22)7-8-17(19)20/h2-13H,1H3,(H,23,25). The van der Waals surface area contributed by atoms with Gasteiger partial charge in [0, 0.05) is 22.2 Å². The summed E-state index contributed by atoms with van der Waals surface area (Å²) in [4.78, 5) is 4.34. The highest BCUT2D eigenvalue weighted by molar-refractivity contribution is 6.31. The van der Waals surface area contributed by atoms with Gasteiger partial charge in [0.05, 0.1) is 24.5 Å². The number of pyridine rings is 1. The molecule has 0 bridgehead atoms. The number of ether oxygens (including phenoxy) is 1. The van der Waals surface area contributed by atoms with E-state index in [9.17, 15) is 0 Å². The van der Waals surface area contributed by atoms with Crippen molar-refractivity contribution in [2.24, 2.45) is 5.10 Å². The Morgan fingerprint density at radius 2 is 1.92 bits per heavy atom. The first-order valence-electron chi connectivity index (χ1n) is 8.15. The lowest BCUT2D eigenvalue weighted by Crippen LogP contribution is -1.96. The molecule has 0 fully saturated rings. The van der Waals surface area contributed by atoms with E-state index in [-0.39, 0.29) is 0 Å². The van der Waals surface area contributed by atoms with Gasteiger partial charge in [-0.1, -0.05) is 41.9 Å². The number of hydrogen-bond acceptors (Lipinski definition) is 4. The fourth-order valence-corrected chi connectivity index (χ4v) is 3.14. The minimum atomic E-state index is 0.658. The molecule has 0 radical (unpaired) electrons. The highest BCUT2D eigenvalue weighted by Gasteiger charge is 2.06. The Balaban J connectivity index is 1.71. The molecule has 4 nitrogen and oxygen atoms in total. The predicted molar refractivity (Wildman–Crippen MR) is 108 cm³/mol. The average Bonchev–Trinajstić information content (AvgIpc) is 2.68. The lowest BCUT2D eigenvalue weighted by molar-refractivity contribution is 0.415. The summed E-state index contributed by atoms with van der Waals surface area (Å²) in [5.41, 5.74) is 5.72. The Hall–Kier alpha value is -3.11. The van der Waals surface area contributed by atoms with Crippen LogP contribution >= 0.6 is 11.6 Å². The van der Waals surface area contributed by atoms with E-state index in [1.807, 2.05) is 48.5 Å². The summed E-state index contributed by atoms with van der Waals surface area (Å²) < 4.78 is 5.50. The molecule has 1 heterocycles. The van der Waals surface area contributed by atoms with Crippen molar-refractivity contribution < 1.29 is 4.74 Å². The lowest BCUT2D eigenvalue weighted by Gasteiger charge is -2.09. The summed E-state index contributed by atoms with van der Waals surface area (Å²) in [6.07, 6.45) is 3.51. The van der Waals surface area contributed by atoms with E-state index >= 15 is 0 Å². The van der Waals surface area contributed by atoms with E-state index in [0.29, 0.717) is 5.02 Å². The third-order valence-electron chi connectivity index (χ3n) is 4.23. The maximum atomic E-state index is 6.04. The van der Waals surface area contributed by atoms with Crippen molar-refractivity contribution in [2.45, 2.75) is 0 Å². The number of rotatable bonds is 4. The van der Waals surface area contributed by atoms with Crippen molar-refractivity contribution in [1.29, 1.82) is 0 Å². The summed E-state index contributed by atoms with van der Waals surface area (Å²) in [6, 6.07) is 19.6. The summed E-state index contributed by atoms with van der Waals surface area (Å²) in [6.45, 7) is 0. The number of fused-ring (bicyclic) bond motifs is 2. The molecule has 4 aromatic rings. The van der Waals surface area contributed by atoms with Gasteiger partial charge in [-0.05, 0) is 41.1 Å². The summed E-state index contributed by atoms with van der Waals surface area (Å²) >= 11 is 6.04. The van der Waals surface area contributed by atoms with E-state index in [4.69, 9.17) is 16.3 Å². The molecule has 128 valence electrons. The maximum Gasteiger partial charge on any atom is 0.128 e. The number of methoxy groups -OCH3 is 1. The van der Waals surface area contributed by atoms with E-state index in [1.54, 1.807) is 19.5 Å². The molecule has 1 aromatic heterocycles. The van der Waals surface area contributed by atoms with Gasteiger partial charge in [0.2, 0.25) is 0 Å². The zero-order valence-electron chi connectivity index (χ0n) is 14.1. The first kappa shape index (κ1) is 16.4. The third-order valence-corrected chi connectivity index (χ3v) is 4.47. The number of hydrazone groups is 1. The van der Waals surface area contributed by atoms with Crippen molar-refractivity contribution in [3.05, 3.63) is 77.4 Å². The van der Waals surface area contributed by atoms with Gasteiger partial charge in [-0.25, -0.2) is 0 Å². The Kier molecular flexibility index (Phi) is 4.42. The summed E-state index contributed by atoms with van der Waals surface area (Å²) in [7, 11) is 1.66. The second kappa shape index (κ2) is 7.02. The van der Waals surface area contributed by atoms with Crippen LogP contribution in [-0.2, 0) is 0 Å². The maximum absolute atomic E-state index is 6.04. The van der Waals surface area contributed by atoms with Crippen LogP contribution in [-0.4, -0.2) is 18.3 Å². The van der Waals surface area contributed by atoms with Crippen LogP contribution in [0.5, 0.6) is 5.75 Å². The fourth-order valence-electron chi connectivity index (χ4n) is 2.97. The van der Waals surface area contributed by atoms with Crippen LogP contribution in [0.3, 0.4) is 0 Å². The van der Waals surface area contributed by atoms with Gasteiger partial charge in [0.25, 0.3) is 0 Å². The van der Waals surface area contributed by atoms with Crippen molar-refractivity contribution in [3.8, 4) is 5.75 Å². The van der Waals surface area contributed by atoms with Gasteiger partial charge in [-0.15, -0.1) is 0 Å². The molecule has 26 heavy (non-hydrogen) atoms. The van der Waals surface area contributed by atoms with Gasteiger partial charge in [-0.3, -0.25) is 10.4 Å². The third kappa shape index (κ3) is 3.07. The molecule has 4 rings (SSSR count). The van der Waals surface area contributed by atoms with Crippen molar-refractivity contribution in [3.63, 3.8) is 0 Å². The Bertz CT molecular complexity index is 1120. The summed E-state index contributed by atoms with van der Waals surface area (Å²) in [5.74, 6) is 0.778. The minimum absolute atomic E-state index is 0.658. The highest BCUT2D eigenvalue weighted by atomic mass is 35.5. The smallest absolute Gasteiger partial charge is 0.128 e. The normalized spacial score (nSPS) is 11.3. The summed E-state index contributed by atoms with van der Waals surface area (Å²) in [5, 5.41) is 8.27. The number of benzene rings is 3. The number of aromatic nitrogens is 1. The first-order valence-corrected chi connectivity index (χ1v) is 8.53. The van der Waals surface area contributed by atoms with Gasteiger partial charge < -0.3 is 4.74 Å². The van der Waals surface area contributed by atoms with Crippen molar-refractivity contribution >= 4 is 45.2 Å². The Labute approximate surface area is 156 Å². The van der Waals surface area contributed by atoms with Crippen LogP contribution in [0.4, 0.5) is 5.69 Å². The molecule has 0 saturated heterocycles. The fraction of sp³-hybridized carbons (Fsp3) is 0.0476. The van der Waals surface area contributed by atoms with Crippen LogP contribution in [0.1, 0.15) is 5.56 Å². The van der Waals surface area contributed by atoms with Gasteiger partial charge in [0.1, 0.15) is 5.75 Å². The molecule has 0 aliphatic rings. The van der Waals surface area contributed by atoms with Gasteiger partial charge in [-0.2, -0.15) is 5.10 Å². The van der Waals surface area contributed by atoms with Gasteiger partial charge >= 0.3 is 0 Å². The van der Waals surface area contributed by atoms with E-state index in [0.717, 1.165) is 38.7 Å². The van der Waals surface area contributed by atoms with Crippen LogP contribution < -0.4 is 10.2 Å². The molecular formula is C21H16ClN3O. The second-order valence-corrected chi connectivity index (χ2v) is 6.23. The van der Waals surface area contributed by atoms with E-state index in [2.05, 4.69) is 27.6 Å². The van der Waals surface area contributed by atoms with Crippen LogP contribution in [0.15, 0.2) is 72.0 Å². The van der Waals surface area contributed by atoms with E-state index in [1.165, 1.54) is 0 Å². The monoisotopic (exact) mass is 361 g/mol. The number of anilines is 1. The molecule has 0 spiro atoms. The second-order valence-electron chi connectivity index (χ2n) is 5.79. The molecule has 0 saturated carbocycles. The lowest BCUT2D eigenvalue weighted by atomic mass is 10.0. The minimum Gasteiger partial charge on any atom is -0.496 e.